The summed E-state index contributed by atoms with van der Waals surface area (Å²) in [5.74, 6) is -20.0. The fourth-order valence-corrected chi connectivity index (χ4v) is 1.27. The molecule has 0 bridgehead atoms. The highest BCUT2D eigenvalue weighted by Gasteiger charge is 2.81. The molecule has 10 heteroatoms. The molecule has 0 unspecified atom stereocenters. The molecule has 0 spiro atoms. The van der Waals surface area contributed by atoms with E-state index < -0.39 is 33.1 Å². The third kappa shape index (κ3) is 1.44. The van der Waals surface area contributed by atoms with E-state index in [1.807, 2.05) is 0 Å². The Morgan fingerprint density at radius 3 is 1.50 bits per heavy atom. The molecule has 0 aromatic heterocycles. The van der Waals surface area contributed by atoms with Gasteiger partial charge in [-0.2, -0.15) is 35.1 Å². The summed E-state index contributed by atoms with van der Waals surface area (Å²) in [4.78, 5) is 0. The maximum atomic E-state index is 12.6. The van der Waals surface area contributed by atoms with Crippen molar-refractivity contribution in [1.82, 2.24) is 0 Å². The first-order chi connectivity index (χ1) is 6.78. The Labute approximate surface area is 95.6 Å². The molecule has 0 radical (unpaired) electrons. The van der Waals surface area contributed by atoms with Crippen LogP contribution in [0.5, 0.6) is 0 Å². The standard InChI is InChI=1S/C6F9I/c7-2-1(3(8,9)5(2,12)13)4(10,11)6(14,15)16. The van der Waals surface area contributed by atoms with Crippen molar-refractivity contribution in [3.05, 3.63) is 11.4 Å². The van der Waals surface area contributed by atoms with E-state index in [4.69, 9.17) is 0 Å². The van der Waals surface area contributed by atoms with Crippen LogP contribution in [0.15, 0.2) is 11.4 Å². The van der Waals surface area contributed by atoms with Gasteiger partial charge in [-0.05, 0) is 0 Å². The lowest BCUT2D eigenvalue weighted by Gasteiger charge is -2.40. The van der Waals surface area contributed by atoms with Crippen LogP contribution in [-0.4, -0.2) is 21.7 Å². The molecule has 0 N–H and O–H groups in total. The average Bonchev–Trinajstić information content (AvgIpc) is 2.00. The van der Waals surface area contributed by atoms with E-state index in [1.165, 1.54) is 0 Å². The SMILES string of the molecule is FC1=C(C(F)(F)C(F)(F)I)C(F)(F)C1(F)F. The fourth-order valence-electron chi connectivity index (χ4n) is 1.00. The quantitative estimate of drug-likeness (QED) is 0.389. The Morgan fingerprint density at radius 2 is 1.25 bits per heavy atom. The van der Waals surface area contributed by atoms with Crippen molar-refractivity contribution in [2.24, 2.45) is 0 Å². The number of hydrogen-bond donors (Lipinski definition) is 0. The van der Waals surface area contributed by atoms with Crippen molar-refractivity contribution in [2.45, 2.75) is 21.7 Å². The van der Waals surface area contributed by atoms with E-state index in [-0.39, 0.29) is 22.6 Å². The molecule has 0 aromatic carbocycles. The molecule has 0 aromatic rings. The first-order valence-electron chi connectivity index (χ1n) is 3.39. The van der Waals surface area contributed by atoms with Gasteiger partial charge in [0.2, 0.25) is 0 Å². The van der Waals surface area contributed by atoms with E-state index in [2.05, 4.69) is 0 Å². The topological polar surface area (TPSA) is 0 Å². The lowest BCUT2D eigenvalue weighted by molar-refractivity contribution is -0.242. The van der Waals surface area contributed by atoms with Gasteiger partial charge in [-0.25, -0.2) is 4.39 Å². The molecule has 0 aliphatic heterocycles. The molecule has 0 nitrogen and oxygen atoms in total. The Hall–Kier alpha value is -0.160. The smallest absolute Gasteiger partial charge is 0.204 e. The first-order valence-corrected chi connectivity index (χ1v) is 4.47. The van der Waals surface area contributed by atoms with Crippen molar-refractivity contribution in [3.8, 4) is 0 Å². The number of rotatable bonds is 2. The van der Waals surface area contributed by atoms with Crippen molar-refractivity contribution < 1.29 is 39.5 Å². The summed E-state index contributed by atoms with van der Waals surface area (Å²) in [6.45, 7) is 0. The number of alkyl halides is 9. The van der Waals surface area contributed by atoms with Crippen LogP contribution in [-0.2, 0) is 0 Å². The van der Waals surface area contributed by atoms with Crippen LogP contribution in [0.1, 0.15) is 0 Å². The van der Waals surface area contributed by atoms with Crippen LogP contribution in [0.4, 0.5) is 39.5 Å². The summed E-state index contributed by atoms with van der Waals surface area (Å²) in [6.07, 6.45) is 0. The van der Waals surface area contributed by atoms with Crippen molar-refractivity contribution in [1.29, 1.82) is 0 Å². The van der Waals surface area contributed by atoms with Crippen molar-refractivity contribution in [3.63, 3.8) is 0 Å². The minimum absolute atomic E-state index is 0.232. The highest BCUT2D eigenvalue weighted by Crippen LogP contribution is 2.63. The molecule has 0 heterocycles. The Bertz CT molecular complexity index is 350. The minimum Gasteiger partial charge on any atom is -0.204 e. The summed E-state index contributed by atoms with van der Waals surface area (Å²) >= 11 is -0.232. The molecule has 0 amide bonds. The molecule has 0 fully saturated rings. The Balaban J connectivity index is 3.34. The van der Waals surface area contributed by atoms with Gasteiger partial charge in [0.15, 0.2) is 5.83 Å². The van der Waals surface area contributed by atoms with Gasteiger partial charge in [0.1, 0.15) is 5.57 Å². The van der Waals surface area contributed by atoms with Crippen molar-refractivity contribution in [2.75, 3.05) is 0 Å². The second kappa shape index (κ2) is 3.19. The van der Waals surface area contributed by atoms with Crippen molar-refractivity contribution >= 4 is 22.6 Å². The summed E-state index contributed by atoms with van der Waals surface area (Å²) < 4.78 is 106. The molecule has 1 aliphatic rings. The van der Waals surface area contributed by atoms with Crippen LogP contribution >= 0.6 is 22.6 Å². The molecule has 1 rings (SSSR count). The van der Waals surface area contributed by atoms with Crippen LogP contribution < -0.4 is 0 Å². The van der Waals surface area contributed by atoms with Crippen LogP contribution in [0, 0.1) is 0 Å². The normalized spacial score (nSPS) is 24.4. The molecule has 94 valence electrons. The van der Waals surface area contributed by atoms with Gasteiger partial charge < -0.3 is 0 Å². The van der Waals surface area contributed by atoms with Gasteiger partial charge in [0, 0.05) is 22.6 Å². The van der Waals surface area contributed by atoms with E-state index in [1.54, 1.807) is 0 Å². The summed E-state index contributed by atoms with van der Waals surface area (Å²) in [5, 5.41) is 0. The second-order valence-electron chi connectivity index (χ2n) is 2.91. The lowest BCUT2D eigenvalue weighted by atomic mass is 9.83. The van der Waals surface area contributed by atoms with Gasteiger partial charge in [-0.3, -0.25) is 0 Å². The second-order valence-corrected chi connectivity index (χ2v) is 4.26. The maximum absolute atomic E-state index is 12.6. The predicted molar refractivity (Wildman–Crippen MR) is 41.9 cm³/mol. The third-order valence-electron chi connectivity index (χ3n) is 1.87. The van der Waals surface area contributed by atoms with Gasteiger partial charge in [-0.15, -0.1) is 0 Å². The molecular formula is C6F9I. The van der Waals surface area contributed by atoms with E-state index in [9.17, 15) is 39.5 Å². The maximum Gasteiger partial charge on any atom is 0.365 e. The minimum atomic E-state index is -5.68. The van der Waals surface area contributed by atoms with Crippen LogP contribution in [0.3, 0.4) is 0 Å². The number of hydrogen-bond acceptors (Lipinski definition) is 0. The van der Waals surface area contributed by atoms with Crippen LogP contribution in [0.2, 0.25) is 0 Å². The molecule has 0 atom stereocenters. The molecule has 1 aliphatic carbocycles. The summed E-state index contributed by atoms with van der Waals surface area (Å²) in [6, 6.07) is 0. The lowest BCUT2D eigenvalue weighted by Crippen LogP contribution is -2.60. The highest BCUT2D eigenvalue weighted by atomic mass is 127. The average molecular weight is 370 g/mol. The zero-order valence-corrected chi connectivity index (χ0v) is 8.94. The van der Waals surface area contributed by atoms with Gasteiger partial charge in [-0.1, -0.05) is 0 Å². The highest BCUT2D eigenvalue weighted by molar-refractivity contribution is 14.1. The van der Waals surface area contributed by atoms with Gasteiger partial charge in [0.25, 0.3) is 0 Å². The summed E-state index contributed by atoms with van der Waals surface area (Å²) in [5.41, 5.74) is -3.16. The van der Waals surface area contributed by atoms with E-state index in [0.717, 1.165) is 0 Å². The van der Waals surface area contributed by atoms with E-state index >= 15 is 0 Å². The number of allylic oxidation sites excluding steroid dienone is 2. The molecule has 16 heavy (non-hydrogen) atoms. The Morgan fingerprint density at radius 1 is 0.875 bits per heavy atom. The zero-order valence-electron chi connectivity index (χ0n) is 6.78. The summed E-state index contributed by atoms with van der Waals surface area (Å²) in [7, 11) is 0. The van der Waals surface area contributed by atoms with Crippen LogP contribution in [0.25, 0.3) is 0 Å². The third-order valence-corrected chi connectivity index (χ3v) is 2.55. The fraction of sp³-hybridized carbons (Fsp3) is 0.667. The Kier molecular flexibility index (Phi) is 2.77. The molecule has 0 saturated carbocycles. The molecular weight excluding hydrogens is 370 g/mol. The first kappa shape index (κ1) is 13.9. The van der Waals surface area contributed by atoms with Gasteiger partial charge in [0.05, 0.1) is 0 Å². The number of halogens is 10. The monoisotopic (exact) mass is 370 g/mol. The predicted octanol–water partition coefficient (Wildman–Crippen LogP) is 4.16. The molecule has 0 saturated heterocycles. The van der Waals surface area contributed by atoms with Gasteiger partial charge >= 0.3 is 21.7 Å². The largest absolute Gasteiger partial charge is 0.365 e. The van der Waals surface area contributed by atoms with E-state index in [0.29, 0.717) is 0 Å². The zero-order chi connectivity index (χ0) is 13.2.